The van der Waals surface area contributed by atoms with Gasteiger partial charge in [0.05, 0.1) is 20.3 Å². The zero-order valence-electron chi connectivity index (χ0n) is 11.7. The topological polar surface area (TPSA) is 42.1 Å². The molecule has 6 heteroatoms. The van der Waals surface area contributed by atoms with Crippen molar-refractivity contribution in [2.24, 2.45) is 0 Å². The molecular formula is C16H14Cl2INO2. The second kappa shape index (κ2) is 6.81. The molecule has 1 aliphatic rings. The molecule has 2 aromatic rings. The number of benzene rings is 1. The quantitative estimate of drug-likeness (QED) is 0.496. The third-order valence-electron chi connectivity index (χ3n) is 3.79. The summed E-state index contributed by atoms with van der Waals surface area (Å²) in [4.78, 5) is 15.6. The summed E-state index contributed by atoms with van der Waals surface area (Å²) in [6.07, 6.45) is 4.64. The summed E-state index contributed by atoms with van der Waals surface area (Å²) in [7, 11) is 0. The van der Waals surface area contributed by atoms with Crippen molar-refractivity contribution in [1.29, 1.82) is 0 Å². The van der Waals surface area contributed by atoms with Crippen molar-refractivity contribution in [3.63, 3.8) is 0 Å². The number of hydrogen-bond acceptors (Lipinski definition) is 2. The first-order valence-corrected chi connectivity index (χ1v) is 8.94. The van der Waals surface area contributed by atoms with E-state index < -0.39 is 0 Å². The zero-order valence-corrected chi connectivity index (χ0v) is 15.3. The van der Waals surface area contributed by atoms with Gasteiger partial charge in [0.2, 0.25) is 5.78 Å². The fourth-order valence-corrected chi connectivity index (χ4v) is 3.80. The fraction of sp³-hybridized carbons (Fsp3) is 0.312. The minimum atomic E-state index is -0.160. The highest BCUT2D eigenvalue weighted by molar-refractivity contribution is 14.1. The average Bonchev–Trinajstić information content (AvgIpc) is 3.11. The highest BCUT2D eigenvalue weighted by Gasteiger charge is 2.24. The SMILES string of the molecule is O=C(c1ccccc1OC1CCCC1)c1[nH]c(Cl)c(Cl)c1I. The number of para-hydroxylation sites is 1. The summed E-state index contributed by atoms with van der Waals surface area (Å²) < 4.78 is 6.65. The Morgan fingerprint density at radius 2 is 1.91 bits per heavy atom. The Hall–Kier alpha value is -0.720. The van der Waals surface area contributed by atoms with Crippen LogP contribution in [0, 0.1) is 3.57 Å². The van der Waals surface area contributed by atoms with E-state index in [0.29, 0.717) is 25.6 Å². The fourth-order valence-electron chi connectivity index (χ4n) is 2.66. The molecule has 1 aromatic heterocycles. The van der Waals surface area contributed by atoms with Crippen LogP contribution in [0.2, 0.25) is 10.2 Å². The van der Waals surface area contributed by atoms with Gasteiger partial charge < -0.3 is 9.72 Å². The zero-order chi connectivity index (χ0) is 15.7. The largest absolute Gasteiger partial charge is 0.490 e. The number of carbonyl (C=O) groups is 1. The van der Waals surface area contributed by atoms with Crippen LogP contribution in [0.3, 0.4) is 0 Å². The Bertz CT molecular complexity index is 708. The maximum atomic E-state index is 12.8. The molecule has 0 bridgehead atoms. The lowest BCUT2D eigenvalue weighted by Gasteiger charge is -2.15. The van der Waals surface area contributed by atoms with E-state index in [9.17, 15) is 4.79 Å². The molecule has 0 amide bonds. The van der Waals surface area contributed by atoms with E-state index in [-0.39, 0.29) is 17.0 Å². The maximum Gasteiger partial charge on any atom is 0.214 e. The van der Waals surface area contributed by atoms with Crippen LogP contribution in [-0.2, 0) is 0 Å². The summed E-state index contributed by atoms with van der Waals surface area (Å²) in [6.45, 7) is 0. The molecule has 1 fully saturated rings. The van der Waals surface area contributed by atoms with Crippen LogP contribution in [0.15, 0.2) is 24.3 Å². The highest BCUT2D eigenvalue weighted by Crippen LogP contribution is 2.33. The molecule has 1 N–H and O–H groups in total. The molecule has 0 aliphatic heterocycles. The van der Waals surface area contributed by atoms with Crippen molar-refractivity contribution in [3.8, 4) is 5.75 Å². The first-order chi connectivity index (χ1) is 10.6. The number of aromatic nitrogens is 1. The second-order valence-corrected chi connectivity index (χ2v) is 7.13. The van der Waals surface area contributed by atoms with Gasteiger partial charge in [0.1, 0.15) is 16.6 Å². The molecule has 0 radical (unpaired) electrons. The summed E-state index contributed by atoms with van der Waals surface area (Å²) >= 11 is 14.0. The van der Waals surface area contributed by atoms with E-state index in [2.05, 4.69) is 4.98 Å². The molecule has 1 heterocycles. The van der Waals surface area contributed by atoms with Gasteiger partial charge in [0, 0.05) is 0 Å². The van der Waals surface area contributed by atoms with E-state index in [0.717, 1.165) is 12.8 Å². The van der Waals surface area contributed by atoms with Crippen molar-refractivity contribution < 1.29 is 9.53 Å². The Morgan fingerprint density at radius 3 is 2.55 bits per heavy atom. The number of aromatic amines is 1. The third kappa shape index (κ3) is 3.14. The molecule has 1 aliphatic carbocycles. The van der Waals surface area contributed by atoms with E-state index in [1.54, 1.807) is 6.07 Å². The third-order valence-corrected chi connectivity index (χ3v) is 5.95. The lowest BCUT2D eigenvalue weighted by atomic mass is 10.1. The molecule has 1 saturated carbocycles. The van der Waals surface area contributed by atoms with Gasteiger partial charge in [-0.3, -0.25) is 4.79 Å². The Kier molecular flexibility index (Phi) is 5.00. The molecule has 3 nitrogen and oxygen atoms in total. The van der Waals surface area contributed by atoms with Gasteiger partial charge >= 0.3 is 0 Å². The average molecular weight is 450 g/mol. The molecular weight excluding hydrogens is 436 g/mol. The monoisotopic (exact) mass is 449 g/mol. The van der Waals surface area contributed by atoms with Crippen LogP contribution < -0.4 is 4.74 Å². The van der Waals surface area contributed by atoms with Crippen LogP contribution in [0.1, 0.15) is 41.7 Å². The lowest BCUT2D eigenvalue weighted by Crippen LogP contribution is -2.14. The minimum Gasteiger partial charge on any atom is -0.490 e. The van der Waals surface area contributed by atoms with Crippen LogP contribution in [0.4, 0.5) is 0 Å². The summed E-state index contributed by atoms with van der Waals surface area (Å²) in [5.41, 5.74) is 0.931. The van der Waals surface area contributed by atoms with Crippen molar-refractivity contribution in [2.75, 3.05) is 0 Å². The van der Waals surface area contributed by atoms with Gasteiger partial charge in [-0.2, -0.15) is 0 Å². The smallest absolute Gasteiger partial charge is 0.214 e. The molecule has 0 atom stereocenters. The van der Waals surface area contributed by atoms with Gasteiger partial charge in [-0.1, -0.05) is 35.3 Å². The molecule has 3 rings (SSSR count). The standard InChI is InChI=1S/C16H14Cl2INO2/c17-12-13(19)14(20-16(12)18)15(21)10-7-3-4-8-11(10)22-9-5-1-2-6-9/h3-4,7-9,20H,1-2,5-6H2. The van der Waals surface area contributed by atoms with E-state index in [4.69, 9.17) is 27.9 Å². The Balaban J connectivity index is 1.93. The first kappa shape index (κ1) is 16.1. The van der Waals surface area contributed by atoms with Crippen LogP contribution in [0.25, 0.3) is 0 Å². The maximum absolute atomic E-state index is 12.8. The van der Waals surface area contributed by atoms with Gasteiger partial charge in [-0.05, 0) is 60.4 Å². The van der Waals surface area contributed by atoms with Gasteiger partial charge in [-0.25, -0.2) is 0 Å². The molecule has 116 valence electrons. The lowest BCUT2D eigenvalue weighted by molar-refractivity contribution is 0.102. The predicted molar refractivity (Wildman–Crippen MR) is 96.3 cm³/mol. The number of rotatable bonds is 4. The second-order valence-electron chi connectivity index (χ2n) is 5.29. The van der Waals surface area contributed by atoms with Crippen LogP contribution >= 0.6 is 45.8 Å². The number of nitrogens with one attached hydrogen (secondary N) is 1. The minimum absolute atomic E-state index is 0.160. The summed E-state index contributed by atoms with van der Waals surface area (Å²) in [5.74, 6) is 0.462. The first-order valence-electron chi connectivity index (χ1n) is 7.10. The Morgan fingerprint density at radius 1 is 1.23 bits per heavy atom. The van der Waals surface area contributed by atoms with Gasteiger partial charge in [0.25, 0.3) is 0 Å². The van der Waals surface area contributed by atoms with Crippen LogP contribution in [0.5, 0.6) is 5.75 Å². The van der Waals surface area contributed by atoms with Crippen molar-refractivity contribution >= 4 is 51.6 Å². The molecule has 0 spiro atoms. The normalized spacial score (nSPS) is 15.2. The molecule has 0 unspecified atom stereocenters. The van der Waals surface area contributed by atoms with E-state index in [1.807, 2.05) is 40.8 Å². The van der Waals surface area contributed by atoms with Crippen molar-refractivity contribution in [1.82, 2.24) is 4.98 Å². The summed E-state index contributed by atoms with van der Waals surface area (Å²) in [5, 5.41) is 0.656. The van der Waals surface area contributed by atoms with Gasteiger partial charge in [-0.15, -0.1) is 0 Å². The predicted octanol–water partition coefficient (Wildman–Crippen LogP) is 5.48. The van der Waals surface area contributed by atoms with E-state index >= 15 is 0 Å². The van der Waals surface area contributed by atoms with Crippen molar-refractivity contribution in [3.05, 3.63) is 49.3 Å². The van der Waals surface area contributed by atoms with Gasteiger partial charge in [0.15, 0.2) is 0 Å². The summed E-state index contributed by atoms with van der Waals surface area (Å²) in [6, 6.07) is 7.31. The number of ketones is 1. The van der Waals surface area contributed by atoms with Crippen molar-refractivity contribution in [2.45, 2.75) is 31.8 Å². The Labute approximate surface area is 152 Å². The van der Waals surface area contributed by atoms with Crippen LogP contribution in [-0.4, -0.2) is 16.9 Å². The number of ether oxygens (including phenoxy) is 1. The number of hydrogen-bond donors (Lipinski definition) is 1. The number of carbonyl (C=O) groups excluding carboxylic acids is 1. The molecule has 1 aromatic carbocycles. The van der Waals surface area contributed by atoms with E-state index in [1.165, 1.54) is 12.8 Å². The number of H-pyrrole nitrogens is 1. The molecule has 22 heavy (non-hydrogen) atoms. The highest BCUT2D eigenvalue weighted by atomic mass is 127. The molecule has 0 saturated heterocycles. The number of halogens is 3.